The molecule has 1 aromatic carbocycles. The Morgan fingerprint density at radius 3 is 2.08 bits per heavy atom. The van der Waals surface area contributed by atoms with E-state index in [1.807, 2.05) is 39.8 Å². The van der Waals surface area contributed by atoms with Gasteiger partial charge in [-0.1, -0.05) is 39.0 Å². The van der Waals surface area contributed by atoms with Crippen LogP contribution in [0.1, 0.15) is 112 Å². The van der Waals surface area contributed by atoms with Crippen LogP contribution in [0.15, 0.2) is 42.0 Å². The molecule has 2 unspecified atom stereocenters. The Morgan fingerprint density at radius 1 is 0.879 bits per heavy atom. The van der Waals surface area contributed by atoms with Crippen molar-refractivity contribution >= 4 is 29.8 Å². The van der Waals surface area contributed by atoms with Gasteiger partial charge in [-0.3, -0.25) is 14.4 Å². The summed E-state index contributed by atoms with van der Waals surface area (Å²) in [5.74, 6) is -4.74. The van der Waals surface area contributed by atoms with Crippen LogP contribution in [0.2, 0.25) is 0 Å². The first kappa shape index (κ1) is 54.8. The third kappa shape index (κ3) is 13.2. The van der Waals surface area contributed by atoms with E-state index < -0.39 is 108 Å². The third-order valence-corrected chi connectivity index (χ3v) is 13.5. The van der Waals surface area contributed by atoms with Gasteiger partial charge in [0, 0.05) is 39.4 Å². The van der Waals surface area contributed by atoms with E-state index in [9.17, 15) is 29.1 Å². The summed E-state index contributed by atoms with van der Waals surface area (Å²) in [6, 6.07) is 7.81. The van der Waals surface area contributed by atoms with Crippen LogP contribution in [0.3, 0.4) is 0 Å². The quantitative estimate of drug-likeness (QED) is 0.145. The van der Waals surface area contributed by atoms with E-state index in [0.29, 0.717) is 12.0 Å². The molecule has 17 heteroatoms. The lowest BCUT2D eigenvalue weighted by Gasteiger charge is -2.49. The van der Waals surface area contributed by atoms with Crippen molar-refractivity contribution in [1.29, 1.82) is 0 Å². The van der Waals surface area contributed by atoms with Gasteiger partial charge >= 0.3 is 24.1 Å². The van der Waals surface area contributed by atoms with E-state index in [1.54, 1.807) is 59.7 Å². The fraction of sp³-hybridized carbons (Fsp3) is 0.735. The van der Waals surface area contributed by atoms with Crippen molar-refractivity contribution in [3.05, 3.63) is 47.5 Å². The minimum Gasteiger partial charge on any atom is -0.459 e. The van der Waals surface area contributed by atoms with Crippen molar-refractivity contribution in [2.45, 2.75) is 180 Å². The zero-order valence-corrected chi connectivity index (χ0v) is 41.5. The number of methoxy groups -OCH3 is 2. The summed E-state index contributed by atoms with van der Waals surface area (Å²) in [5, 5.41) is 11.7. The standard InChI is InChI=1S/C49H75NO16/c1-16-37-47(9,56)23-27(2)39(52)28(3)24-48(10,57-14)42(59-26-36-41(62-33(8)51)35(50(12)13)22-29(4)60-36)30(5)40(31(6)44(53)63-37)64-38-25-49(11,58-15)43(32(7)61-38)65-46(55)66-45(54)34-20-18-17-19-21-34/h17-21,23,28-32,35-38,40-43,56H,16,22,24-26H2,1-15H3/b27-23+/t28-,29-,30+,31-,32+,35+,36?,37-,38?,40+,41-,42-,43+,47+,48-,49-/m1/s1. The Labute approximate surface area is 390 Å². The van der Waals surface area contributed by atoms with Crippen LogP contribution >= 0.6 is 0 Å². The number of ketones is 1. The number of Topliss-reactive ketones (excluding diaryl/α,β-unsaturated/α-hetero) is 1. The number of rotatable bonds is 12. The van der Waals surface area contributed by atoms with Crippen molar-refractivity contribution in [3.63, 3.8) is 0 Å². The average molecular weight is 934 g/mol. The molecule has 3 aliphatic heterocycles. The molecular weight excluding hydrogens is 859 g/mol. The van der Waals surface area contributed by atoms with Crippen molar-refractivity contribution in [1.82, 2.24) is 4.90 Å². The zero-order chi connectivity index (χ0) is 49.5. The lowest BCUT2D eigenvalue weighted by Crippen LogP contribution is -2.60. The van der Waals surface area contributed by atoms with Crippen LogP contribution < -0.4 is 0 Å². The number of esters is 3. The normalized spacial score (nSPS) is 39.2. The van der Waals surface area contributed by atoms with E-state index >= 15 is 0 Å². The first-order valence-corrected chi connectivity index (χ1v) is 23.0. The van der Waals surface area contributed by atoms with E-state index in [0.717, 1.165) is 0 Å². The monoisotopic (exact) mass is 934 g/mol. The number of cyclic esters (lactones) is 1. The first-order valence-electron chi connectivity index (χ1n) is 23.0. The van der Waals surface area contributed by atoms with Gasteiger partial charge in [-0.2, -0.15) is 0 Å². The summed E-state index contributed by atoms with van der Waals surface area (Å²) >= 11 is 0. The Kier molecular flexibility index (Phi) is 19.1. The fourth-order valence-corrected chi connectivity index (χ4v) is 9.91. The van der Waals surface area contributed by atoms with Crippen LogP contribution in [0.5, 0.6) is 0 Å². The Balaban J connectivity index is 1.78. The number of aliphatic hydroxyl groups is 1. The molecule has 0 aliphatic carbocycles. The molecule has 1 N–H and O–H groups in total. The first-order chi connectivity index (χ1) is 30.8. The number of ether oxygens (including phenoxy) is 10. The lowest BCUT2D eigenvalue weighted by atomic mass is 9.76. The summed E-state index contributed by atoms with van der Waals surface area (Å²) in [7, 11) is 6.79. The smallest absolute Gasteiger partial charge is 0.459 e. The maximum atomic E-state index is 14.5. The molecule has 4 rings (SSSR count). The summed E-state index contributed by atoms with van der Waals surface area (Å²) in [6.07, 6.45) is -6.60. The van der Waals surface area contributed by atoms with E-state index in [2.05, 4.69) is 0 Å². The van der Waals surface area contributed by atoms with Gasteiger partial charge in [-0.25, -0.2) is 9.59 Å². The molecule has 0 bridgehead atoms. The Morgan fingerprint density at radius 2 is 1.50 bits per heavy atom. The van der Waals surface area contributed by atoms with Gasteiger partial charge in [-0.05, 0) is 106 Å². The number of benzene rings is 1. The molecule has 3 heterocycles. The number of carbonyl (C=O) groups is 5. The van der Waals surface area contributed by atoms with Gasteiger partial charge in [0.25, 0.3) is 0 Å². The molecule has 3 aliphatic rings. The van der Waals surface area contributed by atoms with E-state index in [-0.39, 0.29) is 49.4 Å². The van der Waals surface area contributed by atoms with Crippen LogP contribution in [-0.4, -0.2) is 153 Å². The predicted octanol–water partition coefficient (Wildman–Crippen LogP) is 6.00. The molecule has 2 saturated heterocycles. The number of nitrogens with zero attached hydrogens (tertiary/aromatic N) is 1. The average Bonchev–Trinajstić information content (AvgIpc) is 3.25. The number of hydrogen-bond donors (Lipinski definition) is 1. The minimum absolute atomic E-state index is 0.0256. The molecule has 0 radical (unpaired) electrons. The van der Waals surface area contributed by atoms with Gasteiger partial charge < -0.3 is 57.4 Å². The van der Waals surface area contributed by atoms with Gasteiger partial charge in [-0.15, -0.1) is 0 Å². The van der Waals surface area contributed by atoms with E-state index in [1.165, 1.54) is 46.3 Å². The second-order valence-electron chi connectivity index (χ2n) is 19.2. The summed E-state index contributed by atoms with van der Waals surface area (Å²) in [4.78, 5) is 68.7. The summed E-state index contributed by atoms with van der Waals surface area (Å²) in [6.45, 7) is 18.6. The Bertz CT molecular complexity index is 1850. The SMILES string of the molecule is CC[C@H]1OC(=O)[C@H](C)[C@@H](OC2C[C@@](C)(OC)[C@@H](OC(=O)OC(=O)c3ccccc3)[C@H](C)O2)[C@H](C)[C@@H](OCC2O[C@H](C)C[C@H](N(C)C)[C@H]2OC(C)=O)[C@](C)(OC)C[C@@H](C)C(=O)/C(C)=C/[C@]1(C)O. The van der Waals surface area contributed by atoms with Crippen LogP contribution in [0.4, 0.5) is 4.79 Å². The fourth-order valence-electron chi connectivity index (χ4n) is 9.91. The molecule has 372 valence electrons. The minimum atomic E-state index is -1.71. The molecule has 0 aromatic heterocycles. The summed E-state index contributed by atoms with van der Waals surface area (Å²) < 4.78 is 61.7. The predicted molar refractivity (Wildman–Crippen MR) is 240 cm³/mol. The van der Waals surface area contributed by atoms with Crippen LogP contribution in [-0.2, 0) is 61.8 Å². The lowest BCUT2D eigenvalue weighted by molar-refractivity contribution is -0.302. The summed E-state index contributed by atoms with van der Waals surface area (Å²) in [5.41, 5.74) is -3.76. The number of hydrogen-bond acceptors (Lipinski definition) is 17. The highest BCUT2D eigenvalue weighted by atomic mass is 16.8. The van der Waals surface area contributed by atoms with Crippen LogP contribution in [0.25, 0.3) is 0 Å². The molecule has 0 amide bonds. The highest BCUT2D eigenvalue weighted by Gasteiger charge is 2.53. The maximum absolute atomic E-state index is 14.5. The molecular formula is C49H75NO16. The highest BCUT2D eigenvalue weighted by molar-refractivity contribution is 5.96. The number of likely N-dealkylation sites (N-methyl/N-ethyl adjacent to an activating group) is 1. The van der Waals surface area contributed by atoms with Crippen molar-refractivity contribution in [2.24, 2.45) is 17.8 Å². The zero-order valence-electron chi connectivity index (χ0n) is 41.5. The molecule has 1 aromatic rings. The molecule has 17 nitrogen and oxygen atoms in total. The van der Waals surface area contributed by atoms with E-state index in [4.69, 9.17) is 47.4 Å². The molecule has 0 saturated carbocycles. The largest absolute Gasteiger partial charge is 0.516 e. The van der Waals surface area contributed by atoms with Gasteiger partial charge in [0.05, 0.1) is 54.1 Å². The van der Waals surface area contributed by atoms with Gasteiger partial charge in [0.2, 0.25) is 0 Å². The third-order valence-electron chi connectivity index (χ3n) is 13.5. The topological polar surface area (TPSA) is 201 Å². The highest BCUT2D eigenvalue weighted by Crippen LogP contribution is 2.41. The second-order valence-corrected chi connectivity index (χ2v) is 19.2. The van der Waals surface area contributed by atoms with Crippen molar-refractivity contribution in [3.8, 4) is 0 Å². The second kappa shape index (κ2) is 23.0. The molecule has 2 fully saturated rings. The van der Waals surface area contributed by atoms with Gasteiger partial charge in [0.1, 0.15) is 29.5 Å². The van der Waals surface area contributed by atoms with Crippen molar-refractivity contribution < 1.29 is 76.4 Å². The Hall–Kier alpha value is -3.81. The van der Waals surface area contributed by atoms with Gasteiger partial charge in [0.15, 0.2) is 18.2 Å². The van der Waals surface area contributed by atoms with Crippen LogP contribution in [0, 0.1) is 17.8 Å². The number of allylic oxidation sites excluding steroid dienone is 1. The number of carbonyl (C=O) groups excluding carboxylic acids is 5. The maximum Gasteiger partial charge on any atom is 0.516 e. The van der Waals surface area contributed by atoms with Crippen molar-refractivity contribution in [2.75, 3.05) is 34.9 Å². The molecule has 0 spiro atoms. The molecule has 16 atom stereocenters. The molecule has 66 heavy (non-hydrogen) atoms.